The lowest BCUT2D eigenvalue weighted by Crippen LogP contribution is -2.34. The molecule has 5 heteroatoms. The molecule has 0 saturated heterocycles. The Morgan fingerprint density at radius 3 is 2.65 bits per heavy atom. The molecule has 1 amide bonds. The molecule has 0 atom stereocenters. The highest BCUT2D eigenvalue weighted by Gasteiger charge is 2.13. The van der Waals surface area contributed by atoms with Crippen LogP contribution in [-0.4, -0.2) is 24.6 Å². The Bertz CT molecular complexity index is 619. The number of amidine groups is 1. The lowest BCUT2D eigenvalue weighted by molar-refractivity contribution is 0.0932. The molecule has 0 bridgehead atoms. The fourth-order valence-electron chi connectivity index (χ4n) is 2.00. The minimum atomic E-state index is -0.363. The summed E-state index contributed by atoms with van der Waals surface area (Å²) in [7, 11) is 0. The number of carbonyl (C=O) groups excluding carboxylic acids is 1. The molecule has 0 aliphatic heterocycles. The molecule has 0 radical (unpaired) electrons. The summed E-state index contributed by atoms with van der Waals surface area (Å²) in [5.41, 5.74) is 1.27. The van der Waals surface area contributed by atoms with Gasteiger partial charge in [0.25, 0.3) is 11.9 Å². The summed E-state index contributed by atoms with van der Waals surface area (Å²) < 4.78 is 10.6. The van der Waals surface area contributed by atoms with E-state index < -0.39 is 0 Å². The first-order valence-corrected chi connectivity index (χ1v) is 7.75. The number of aliphatic imine (C=N–C) groups is 1. The van der Waals surface area contributed by atoms with Crippen LogP contribution in [0.25, 0.3) is 0 Å². The highest BCUT2D eigenvalue weighted by molar-refractivity contribution is 6.02. The number of nitrogens with zero attached hydrogens (tertiary/aromatic N) is 1. The van der Waals surface area contributed by atoms with Crippen LogP contribution < -0.4 is 5.32 Å². The number of furan rings is 1. The van der Waals surface area contributed by atoms with E-state index in [9.17, 15) is 4.79 Å². The zero-order valence-electron chi connectivity index (χ0n) is 13.5. The van der Waals surface area contributed by atoms with Crippen molar-refractivity contribution in [2.45, 2.75) is 32.8 Å². The standard InChI is InChI=1S/C18H22N2O3/c1-14(2)23-18(20-17(21)16-11-7-13-22-16)19-12-6-10-15-8-4-3-5-9-15/h3-5,7-9,11,13-14H,6,10,12H2,1-2H3,(H,19,20,21). The van der Waals surface area contributed by atoms with Crippen molar-refractivity contribution in [2.24, 2.45) is 4.99 Å². The Balaban J connectivity index is 1.87. The highest BCUT2D eigenvalue weighted by atomic mass is 16.5. The fourth-order valence-corrected chi connectivity index (χ4v) is 2.00. The van der Waals surface area contributed by atoms with Crippen molar-refractivity contribution in [2.75, 3.05) is 6.54 Å². The zero-order valence-corrected chi connectivity index (χ0v) is 13.5. The second-order valence-electron chi connectivity index (χ2n) is 5.37. The second kappa shape index (κ2) is 8.78. The normalized spacial score (nSPS) is 11.5. The van der Waals surface area contributed by atoms with Crippen LogP contribution in [0.5, 0.6) is 0 Å². The van der Waals surface area contributed by atoms with Gasteiger partial charge < -0.3 is 9.15 Å². The number of rotatable bonds is 6. The van der Waals surface area contributed by atoms with Crippen molar-refractivity contribution in [1.82, 2.24) is 5.32 Å². The number of aryl methyl sites for hydroxylation is 1. The lowest BCUT2D eigenvalue weighted by Gasteiger charge is -2.12. The SMILES string of the molecule is CC(C)OC(=NCCCc1ccccc1)NC(=O)c1ccco1. The van der Waals surface area contributed by atoms with E-state index in [4.69, 9.17) is 9.15 Å². The molecule has 0 aliphatic carbocycles. The van der Waals surface area contributed by atoms with E-state index in [1.807, 2.05) is 32.0 Å². The second-order valence-corrected chi connectivity index (χ2v) is 5.37. The molecule has 1 heterocycles. The number of amides is 1. The van der Waals surface area contributed by atoms with E-state index in [2.05, 4.69) is 22.4 Å². The van der Waals surface area contributed by atoms with Gasteiger partial charge in [0, 0.05) is 6.54 Å². The monoisotopic (exact) mass is 314 g/mol. The fraction of sp³-hybridized carbons (Fsp3) is 0.333. The van der Waals surface area contributed by atoms with Crippen LogP contribution in [0, 0.1) is 0 Å². The summed E-state index contributed by atoms with van der Waals surface area (Å²) >= 11 is 0. The maximum absolute atomic E-state index is 12.0. The quantitative estimate of drug-likeness (QED) is 0.505. The Kier molecular flexibility index (Phi) is 6.41. The summed E-state index contributed by atoms with van der Waals surface area (Å²) in [5.74, 6) is -0.133. The average molecular weight is 314 g/mol. The van der Waals surface area contributed by atoms with Gasteiger partial charge in [0.1, 0.15) is 0 Å². The van der Waals surface area contributed by atoms with Gasteiger partial charge in [-0.2, -0.15) is 0 Å². The summed E-state index contributed by atoms with van der Waals surface area (Å²) in [6, 6.07) is 13.7. The molecule has 0 aliphatic rings. The number of hydrogen-bond acceptors (Lipinski definition) is 4. The summed E-state index contributed by atoms with van der Waals surface area (Å²) in [6.07, 6.45) is 3.20. The van der Waals surface area contributed by atoms with Gasteiger partial charge in [0.2, 0.25) is 0 Å². The Morgan fingerprint density at radius 2 is 2.00 bits per heavy atom. The first kappa shape index (κ1) is 16.8. The molecule has 1 N–H and O–H groups in total. The van der Waals surface area contributed by atoms with E-state index in [0.29, 0.717) is 6.54 Å². The molecule has 1 aromatic heterocycles. The largest absolute Gasteiger partial charge is 0.462 e. The molecular formula is C18H22N2O3. The van der Waals surface area contributed by atoms with Crippen LogP contribution >= 0.6 is 0 Å². The minimum absolute atomic E-state index is 0.0697. The molecule has 2 rings (SSSR count). The Labute approximate surface area is 136 Å². The third kappa shape index (κ3) is 5.98. The maximum Gasteiger partial charge on any atom is 0.294 e. The molecule has 2 aromatic rings. The predicted octanol–water partition coefficient (Wildman–Crippen LogP) is 3.42. The highest BCUT2D eigenvalue weighted by Crippen LogP contribution is 2.03. The van der Waals surface area contributed by atoms with Crippen LogP contribution in [0.3, 0.4) is 0 Å². The molecule has 23 heavy (non-hydrogen) atoms. The number of nitrogens with one attached hydrogen (secondary N) is 1. The van der Waals surface area contributed by atoms with Crippen LogP contribution in [-0.2, 0) is 11.2 Å². The lowest BCUT2D eigenvalue weighted by atomic mass is 10.1. The Morgan fingerprint density at radius 1 is 1.22 bits per heavy atom. The van der Waals surface area contributed by atoms with Crippen molar-refractivity contribution < 1.29 is 13.9 Å². The molecule has 0 fully saturated rings. The van der Waals surface area contributed by atoms with Crippen LogP contribution in [0.15, 0.2) is 58.1 Å². The van der Waals surface area contributed by atoms with Gasteiger partial charge in [0.05, 0.1) is 12.4 Å². The minimum Gasteiger partial charge on any atom is -0.462 e. The smallest absolute Gasteiger partial charge is 0.294 e. The van der Waals surface area contributed by atoms with Gasteiger partial charge in [-0.3, -0.25) is 10.1 Å². The van der Waals surface area contributed by atoms with Crippen LogP contribution in [0.1, 0.15) is 36.4 Å². The third-order valence-corrected chi connectivity index (χ3v) is 3.03. The van der Waals surface area contributed by atoms with Crippen LogP contribution in [0.4, 0.5) is 0 Å². The third-order valence-electron chi connectivity index (χ3n) is 3.03. The van der Waals surface area contributed by atoms with Gasteiger partial charge in [-0.05, 0) is 44.4 Å². The number of hydrogen-bond donors (Lipinski definition) is 1. The maximum atomic E-state index is 12.0. The first-order valence-electron chi connectivity index (χ1n) is 7.75. The van der Waals surface area contributed by atoms with E-state index >= 15 is 0 Å². The Hall–Kier alpha value is -2.56. The van der Waals surface area contributed by atoms with Crippen molar-refractivity contribution in [3.05, 3.63) is 60.1 Å². The summed E-state index contributed by atoms with van der Waals surface area (Å²) in [5, 5.41) is 2.64. The summed E-state index contributed by atoms with van der Waals surface area (Å²) in [6.45, 7) is 4.35. The van der Waals surface area contributed by atoms with E-state index in [-0.39, 0.29) is 23.8 Å². The summed E-state index contributed by atoms with van der Waals surface area (Å²) in [4.78, 5) is 16.3. The molecular weight excluding hydrogens is 292 g/mol. The molecule has 0 unspecified atom stereocenters. The van der Waals surface area contributed by atoms with Gasteiger partial charge in [-0.1, -0.05) is 30.3 Å². The molecule has 122 valence electrons. The predicted molar refractivity (Wildman–Crippen MR) is 89.5 cm³/mol. The molecule has 5 nitrogen and oxygen atoms in total. The number of benzene rings is 1. The van der Waals surface area contributed by atoms with Crippen LogP contribution in [0.2, 0.25) is 0 Å². The molecule has 0 saturated carbocycles. The van der Waals surface area contributed by atoms with Crippen molar-refractivity contribution in [3.63, 3.8) is 0 Å². The first-order chi connectivity index (χ1) is 11.1. The van der Waals surface area contributed by atoms with E-state index in [0.717, 1.165) is 12.8 Å². The van der Waals surface area contributed by atoms with Gasteiger partial charge in [-0.15, -0.1) is 0 Å². The number of carbonyl (C=O) groups is 1. The number of ether oxygens (including phenoxy) is 1. The van der Waals surface area contributed by atoms with Gasteiger partial charge >= 0.3 is 0 Å². The van der Waals surface area contributed by atoms with Gasteiger partial charge in [0.15, 0.2) is 5.76 Å². The van der Waals surface area contributed by atoms with E-state index in [1.54, 1.807) is 12.1 Å². The zero-order chi connectivity index (χ0) is 16.5. The van der Waals surface area contributed by atoms with Crippen molar-refractivity contribution in [1.29, 1.82) is 0 Å². The van der Waals surface area contributed by atoms with Gasteiger partial charge in [-0.25, -0.2) is 4.99 Å². The average Bonchev–Trinajstić information content (AvgIpc) is 3.06. The topological polar surface area (TPSA) is 63.8 Å². The van der Waals surface area contributed by atoms with E-state index in [1.165, 1.54) is 11.8 Å². The van der Waals surface area contributed by atoms with Crippen molar-refractivity contribution in [3.8, 4) is 0 Å². The van der Waals surface area contributed by atoms with Crippen molar-refractivity contribution >= 4 is 11.9 Å². The molecule has 1 aromatic carbocycles. The molecule has 0 spiro atoms.